The van der Waals surface area contributed by atoms with Crippen molar-refractivity contribution in [3.8, 4) is 0 Å². The van der Waals surface area contributed by atoms with Gasteiger partial charge in [-0.15, -0.1) is 0 Å². The molecule has 2 heterocycles. The molecule has 2 amide bonds. The van der Waals surface area contributed by atoms with Crippen LogP contribution in [0.4, 0.5) is 10.1 Å². The fourth-order valence-electron chi connectivity index (χ4n) is 3.61. The molecule has 0 aromatic heterocycles. The number of hydrogen-bond donors (Lipinski definition) is 0. The van der Waals surface area contributed by atoms with E-state index in [1.165, 1.54) is 12.1 Å². The largest absolute Gasteiger partial charge is 0.361 e. The molecule has 2 saturated heterocycles. The standard InChI is InChI=1S/C19H25FN2O3/c1-14(2)10-17(23)21-9-3-8-19(12-21)13-22(18(24)11-25-19)16-6-4-15(20)5-7-16/h4-7,14H,3,8-13H2,1-2H3. The second kappa shape index (κ2) is 7.12. The monoisotopic (exact) mass is 348 g/mol. The first-order valence-electron chi connectivity index (χ1n) is 8.86. The maximum absolute atomic E-state index is 13.2. The molecule has 1 unspecified atom stereocenters. The number of morpholine rings is 1. The van der Waals surface area contributed by atoms with Crippen molar-refractivity contribution < 1.29 is 18.7 Å². The number of rotatable bonds is 3. The van der Waals surface area contributed by atoms with Crippen LogP contribution in [-0.4, -0.2) is 48.6 Å². The Labute approximate surface area is 147 Å². The van der Waals surface area contributed by atoms with Crippen molar-refractivity contribution in [2.45, 2.75) is 38.7 Å². The summed E-state index contributed by atoms with van der Waals surface area (Å²) in [6.07, 6.45) is 2.19. The number of nitrogens with zero attached hydrogens (tertiary/aromatic N) is 2. The van der Waals surface area contributed by atoms with Gasteiger partial charge in [0.25, 0.3) is 5.91 Å². The summed E-state index contributed by atoms with van der Waals surface area (Å²) in [4.78, 5) is 28.2. The minimum absolute atomic E-state index is 0.0103. The van der Waals surface area contributed by atoms with E-state index >= 15 is 0 Å². The molecule has 1 atom stereocenters. The van der Waals surface area contributed by atoms with Gasteiger partial charge in [-0.1, -0.05) is 13.8 Å². The molecule has 2 fully saturated rings. The van der Waals surface area contributed by atoms with Crippen molar-refractivity contribution in [2.75, 3.05) is 31.1 Å². The van der Waals surface area contributed by atoms with Crippen molar-refractivity contribution in [1.29, 1.82) is 0 Å². The van der Waals surface area contributed by atoms with E-state index < -0.39 is 5.60 Å². The number of hydrogen-bond acceptors (Lipinski definition) is 3. The molecule has 6 heteroatoms. The molecule has 1 spiro atoms. The molecule has 2 aliphatic rings. The Morgan fingerprint density at radius 3 is 2.68 bits per heavy atom. The number of halogens is 1. The summed E-state index contributed by atoms with van der Waals surface area (Å²) in [6.45, 7) is 5.69. The maximum Gasteiger partial charge on any atom is 0.253 e. The summed E-state index contributed by atoms with van der Waals surface area (Å²) in [5, 5.41) is 0. The Bertz CT molecular complexity index is 647. The number of carbonyl (C=O) groups excluding carboxylic acids is 2. The second-order valence-corrected chi connectivity index (χ2v) is 7.44. The number of amides is 2. The van der Waals surface area contributed by atoms with Crippen LogP contribution < -0.4 is 4.90 Å². The van der Waals surface area contributed by atoms with Gasteiger partial charge in [0.2, 0.25) is 5.91 Å². The number of anilines is 1. The van der Waals surface area contributed by atoms with E-state index in [1.54, 1.807) is 17.0 Å². The Kier molecular flexibility index (Phi) is 5.08. The van der Waals surface area contributed by atoms with Crippen molar-refractivity contribution in [2.24, 2.45) is 5.92 Å². The van der Waals surface area contributed by atoms with Gasteiger partial charge in [0.15, 0.2) is 0 Å². The maximum atomic E-state index is 13.2. The van der Waals surface area contributed by atoms with Gasteiger partial charge >= 0.3 is 0 Å². The van der Waals surface area contributed by atoms with Gasteiger partial charge in [0, 0.05) is 18.7 Å². The van der Waals surface area contributed by atoms with E-state index in [4.69, 9.17) is 4.74 Å². The highest BCUT2D eigenvalue weighted by atomic mass is 19.1. The van der Waals surface area contributed by atoms with Gasteiger partial charge < -0.3 is 14.5 Å². The number of likely N-dealkylation sites (tertiary alicyclic amines) is 1. The molecule has 2 aliphatic heterocycles. The summed E-state index contributed by atoms with van der Waals surface area (Å²) in [5.41, 5.74) is 0.132. The third-order valence-electron chi connectivity index (χ3n) is 4.86. The van der Waals surface area contributed by atoms with Crippen LogP contribution in [0.15, 0.2) is 24.3 Å². The van der Waals surface area contributed by atoms with Gasteiger partial charge in [-0.2, -0.15) is 0 Å². The Hall–Kier alpha value is -1.95. The molecule has 0 radical (unpaired) electrons. The minimum atomic E-state index is -0.535. The zero-order valence-corrected chi connectivity index (χ0v) is 14.8. The average Bonchev–Trinajstić information content (AvgIpc) is 2.58. The van der Waals surface area contributed by atoms with Crippen molar-refractivity contribution in [3.63, 3.8) is 0 Å². The Morgan fingerprint density at radius 2 is 2.00 bits per heavy atom. The summed E-state index contributed by atoms with van der Waals surface area (Å²) in [6, 6.07) is 5.92. The van der Waals surface area contributed by atoms with Crippen LogP contribution in [-0.2, 0) is 14.3 Å². The van der Waals surface area contributed by atoms with Crippen LogP contribution in [0.1, 0.15) is 33.1 Å². The SMILES string of the molecule is CC(C)CC(=O)N1CCCC2(C1)CN(c1ccc(F)cc1)C(=O)CO2. The summed E-state index contributed by atoms with van der Waals surface area (Å²) in [5.74, 6) is -0.0111. The van der Waals surface area contributed by atoms with Gasteiger partial charge in [0.05, 0.1) is 13.1 Å². The van der Waals surface area contributed by atoms with Crippen LogP contribution >= 0.6 is 0 Å². The Balaban J connectivity index is 1.75. The topological polar surface area (TPSA) is 49.9 Å². The minimum Gasteiger partial charge on any atom is -0.361 e. The fraction of sp³-hybridized carbons (Fsp3) is 0.579. The zero-order chi connectivity index (χ0) is 18.0. The van der Waals surface area contributed by atoms with Crippen LogP contribution in [0, 0.1) is 11.7 Å². The van der Waals surface area contributed by atoms with Crippen LogP contribution in [0.5, 0.6) is 0 Å². The number of benzene rings is 1. The molecule has 0 N–H and O–H groups in total. The molecule has 0 bridgehead atoms. The van der Waals surface area contributed by atoms with Gasteiger partial charge in [-0.25, -0.2) is 4.39 Å². The number of piperidine rings is 1. The van der Waals surface area contributed by atoms with Crippen LogP contribution in [0.2, 0.25) is 0 Å². The molecule has 1 aromatic carbocycles. The first kappa shape index (κ1) is 17.9. The smallest absolute Gasteiger partial charge is 0.253 e. The summed E-state index contributed by atoms with van der Waals surface area (Å²) in [7, 11) is 0. The summed E-state index contributed by atoms with van der Waals surface area (Å²) < 4.78 is 19.1. The normalized spacial score (nSPS) is 24.2. The van der Waals surface area contributed by atoms with E-state index in [1.807, 2.05) is 18.7 Å². The molecule has 25 heavy (non-hydrogen) atoms. The highest BCUT2D eigenvalue weighted by Crippen LogP contribution is 2.32. The lowest BCUT2D eigenvalue weighted by Crippen LogP contribution is -2.62. The lowest BCUT2D eigenvalue weighted by atomic mass is 9.90. The van der Waals surface area contributed by atoms with Crippen molar-refractivity contribution in [1.82, 2.24) is 4.90 Å². The van der Waals surface area contributed by atoms with E-state index in [2.05, 4.69) is 0 Å². The molecular weight excluding hydrogens is 323 g/mol. The number of ether oxygens (including phenoxy) is 1. The molecule has 136 valence electrons. The highest BCUT2D eigenvalue weighted by molar-refractivity contribution is 5.95. The quantitative estimate of drug-likeness (QED) is 0.844. The molecule has 0 saturated carbocycles. The fourth-order valence-corrected chi connectivity index (χ4v) is 3.61. The van der Waals surface area contributed by atoms with Gasteiger partial charge in [-0.05, 0) is 43.0 Å². The third kappa shape index (κ3) is 4.00. The average molecular weight is 348 g/mol. The highest BCUT2D eigenvalue weighted by Gasteiger charge is 2.44. The predicted octanol–water partition coefficient (Wildman–Crippen LogP) is 2.60. The van der Waals surface area contributed by atoms with Crippen molar-refractivity contribution >= 4 is 17.5 Å². The van der Waals surface area contributed by atoms with E-state index in [0.717, 1.165) is 19.4 Å². The van der Waals surface area contributed by atoms with Crippen molar-refractivity contribution in [3.05, 3.63) is 30.1 Å². The summed E-state index contributed by atoms with van der Waals surface area (Å²) >= 11 is 0. The van der Waals surface area contributed by atoms with E-state index in [-0.39, 0.29) is 24.2 Å². The zero-order valence-electron chi connectivity index (χ0n) is 14.8. The molecular formula is C19H25FN2O3. The lowest BCUT2D eigenvalue weighted by molar-refractivity contribution is -0.153. The molecule has 5 nitrogen and oxygen atoms in total. The molecule has 1 aromatic rings. The predicted molar refractivity (Wildman–Crippen MR) is 92.7 cm³/mol. The van der Waals surface area contributed by atoms with Gasteiger partial charge in [0.1, 0.15) is 18.0 Å². The van der Waals surface area contributed by atoms with E-state index in [9.17, 15) is 14.0 Å². The Morgan fingerprint density at radius 1 is 1.28 bits per heavy atom. The molecule has 0 aliphatic carbocycles. The number of carbonyl (C=O) groups is 2. The first-order chi connectivity index (χ1) is 11.9. The molecule has 3 rings (SSSR count). The first-order valence-corrected chi connectivity index (χ1v) is 8.86. The second-order valence-electron chi connectivity index (χ2n) is 7.44. The van der Waals surface area contributed by atoms with Crippen LogP contribution in [0.3, 0.4) is 0 Å². The third-order valence-corrected chi connectivity index (χ3v) is 4.86. The lowest BCUT2D eigenvalue weighted by Gasteiger charge is -2.47. The van der Waals surface area contributed by atoms with Gasteiger partial charge in [-0.3, -0.25) is 9.59 Å². The van der Waals surface area contributed by atoms with Crippen LogP contribution in [0.25, 0.3) is 0 Å². The van der Waals surface area contributed by atoms with E-state index in [0.29, 0.717) is 31.1 Å².